The molecule has 3 rings (SSSR count). The van der Waals surface area contributed by atoms with Crippen LogP contribution < -0.4 is 0 Å². The lowest BCUT2D eigenvalue weighted by Gasteiger charge is -2.44. The van der Waals surface area contributed by atoms with Crippen molar-refractivity contribution in [3.05, 3.63) is 35.9 Å². The molecule has 0 N–H and O–H groups in total. The van der Waals surface area contributed by atoms with Crippen LogP contribution in [-0.4, -0.2) is 90.1 Å². The first-order chi connectivity index (χ1) is 14.0. The third kappa shape index (κ3) is 4.62. The molecule has 1 spiro atoms. The van der Waals surface area contributed by atoms with Gasteiger partial charge in [0, 0.05) is 45.1 Å². The second kappa shape index (κ2) is 9.96. The Morgan fingerprint density at radius 1 is 1.14 bits per heavy atom. The van der Waals surface area contributed by atoms with Gasteiger partial charge < -0.3 is 9.64 Å². The summed E-state index contributed by atoms with van der Waals surface area (Å²) in [4.78, 5) is 32.4. The number of ether oxygens (including phenoxy) is 1. The van der Waals surface area contributed by atoms with Gasteiger partial charge in [0.2, 0.25) is 0 Å². The summed E-state index contributed by atoms with van der Waals surface area (Å²) in [5.74, 6) is 1.06. The first-order valence-electron chi connectivity index (χ1n) is 10.4. The number of hydrogen-bond donors (Lipinski definition) is 0. The van der Waals surface area contributed by atoms with E-state index in [9.17, 15) is 9.59 Å². The average molecular weight is 420 g/mol. The second-order valence-electron chi connectivity index (χ2n) is 7.99. The number of methoxy groups -OCH3 is 1. The smallest absolute Gasteiger partial charge is 0.327 e. The van der Waals surface area contributed by atoms with E-state index in [2.05, 4.69) is 18.1 Å². The van der Waals surface area contributed by atoms with Crippen molar-refractivity contribution in [2.45, 2.75) is 37.8 Å². The summed E-state index contributed by atoms with van der Waals surface area (Å²) < 4.78 is 5.24. The first kappa shape index (κ1) is 22.1. The molecule has 29 heavy (non-hydrogen) atoms. The van der Waals surface area contributed by atoms with E-state index >= 15 is 0 Å². The van der Waals surface area contributed by atoms with E-state index in [1.54, 1.807) is 12.0 Å². The van der Waals surface area contributed by atoms with Gasteiger partial charge in [0.1, 0.15) is 5.54 Å². The Balaban J connectivity index is 1.74. The quantitative estimate of drug-likeness (QED) is 0.576. The van der Waals surface area contributed by atoms with Crippen molar-refractivity contribution in [3.63, 3.8) is 0 Å². The highest BCUT2D eigenvalue weighted by atomic mass is 32.2. The van der Waals surface area contributed by atoms with Crippen LogP contribution in [0.2, 0.25) is 0 Å². The Morgan fingerprint density at radius 3 is 2.45 bits per heavy atom. The Kier molecular flexibility index (Phi) is 7.60. The number of imide groups is 1. The molecule has 0 radical (unpaired) electrons. The van der Waals surface area contributed by atoms with E-state index in [4.69, 9.17) is 4.74 Å². The minimum absolute atomic E-state index is 0.0216. The maximum Gasteiger partial charge on any atom is 0.327 e. The zero-order valence-electron chi connectivity index (χ0n) is 17.8. The van der Waals surface area contributed by atoms with Crippen LogP contribution in [0.1, 0.15) is 25.3 Å². The van der Waals surface area contributed by atoms with Crippen molar-refractivity contribution in [3.8, 4) is 0 Å². The molecule has 0 saturated carbocycles. The summed E-state index contributed by atoms with van der Waals surface area (Å²) in [6.07, 6.45) is 4.20. The number of urea groups is 1. The molecule has 0 aromatic heterocycles. The minimum atomic E-state index is -0.706. The summed E-state index contributed by atoms with van der Waals surface area (Å²) in [6, 6.07) is 10.3. The SMILES string of the molecule is COCCN1C(=O)N(CCc2ccccc2)C(=O)C12CCN(C(C)CSC)CC2. The van der Waals surface area contributed by atoms with Crippen LogP contribution in [-0.2, 0) is 16.0 Å². The van der Waals surface area contributed by atoms with Crippen LogP contribution in [0.25, 0.3) is 0 Å². The molecule has 0 aliphatic carbocycles. The molecule has 1 aromatic rings. The highest BCUT2D eigenvalue weighted by Gasteiger charge is 2.57. The zero-order chi connectivity index (χ0) is 20.9. The highest BCUT2D eigenvalue weighted by Crippen LogP contribution is 2.37. The summed E-state index contributed by atoms with van der Waals surface area (Å²) in [5, 5.41) is 0. The van der Waals surface area contributed by atoms with Gasteiger partial charge in [0.05, 0.1) is 6.61 Å². The number of benzene rings is 1. The third-order valence-electron chi connectivity index (χ3n) is 6.26. The fourth-order valence-electron chi connectivity index (χ4n) is 4.52. The minimum Gasteiger partial charge on any atom is -0.383 e. The van der Waals surface area contributed by atoms with Gasteiger partial charge in [-0.15, -0.1) is 0 Å². The Hall–Kier alpha value is -1.57. The molecule has 2 saturated heterocycles. The molecule has 1 atom stereocenters. The number of amides is 3. The molecule has 7 heteroatoms. The third-order valence-corrected chi connectivity index (χ3v) is 7.08. The van der Waals surface area contributed by atoms with E-state index in [1.807, 2.05) is 42.1 Å². The van der Waals surface area contributed by atoms with Crippen molar-refractivity contribution >= 4 is 23.7 Å². The molecule has 2 heterocycles. The monoisotopic (exact) mass is 419 g/mol. The van der Waals surface area contributed by atoms with Gasteiger partial charge in [-0.1, -0.05) is 30.3 Å². The molecule has 2 fully saturated rings. The number of carbonyl (C=O) groups excluding carboxylic acids is 2. The Labute approximate surface area is 178 Å². The summed E-state index contributed by atoms with van der Waals surface area (Å²) in [5.41, 5.74) is 0.431. The predicted octanol–water partition coefficient (Wildman–Crippen LogP) is 2.73. The van der Waals surface area contributed by atoms with Crippen LogP contribution in [0, 0.1) is 0 Å². The Bertz CT molecular complexity index is 692. The average Bonchev–Trinajstić information content (AvgIpc) is 2.92. The lowest BCUT2D eigenvalue weighted by Crippen LogP contribution is -2.58. The maximum atomic E-state index is 13.5. The number of nitrogens with zero attached hydrogens (tertiary/aromatic N) is 3. The van der Waals surface area contributed by atoms with E-state index < -0.39 is 5.54 Å². The van der Waals surface area contributed by atoms with Gasteiger partial charge in [-0.25, -0.2) is 4.79 Å². The molecule has 3 amide bonds. The number of thioether (sulfide) groups is 1. The number of piperidine rings is 1. The standard InChI is InChI=1S/C22H33N3O3S/c1-18(17-29-3)23-13-10-22(11-14-23)20(26)24(21(27)25(22)15-16-28-2)12-9-19-7-5-4-6-8-19/h4-8,18H,9-17H2,1-3H3. The number of likely N-dealkylation sites (tertiary alicyclic amines) is 1. The van der Waals surface area contributed by atoms with E-state index in [0.717, 1.165) is 24.4 Å². The van der Waals surface area contributed by atoms with E-state index in [-0.39, 0.29) is 11.9 Å². The first-order valence-corrected chi connectivity index (χ1v) is 11.8. The van der Waals surface area contributed by atoms with Gasteiger partial charge in [-0.2, -0.15) is 11.8 Å². The largest absolute Gasteiger partial charge is 0.383 e. The van der Waals surface area contributed by atoms with Gasteiger partial charge in [-0.05, 0) is 38.0 Å². The molecular weight excluding hydrogens is 386 g/mol. The molecule has 160 valence electrons. The fraction of sp³-hybridized carbons (Fsp3) is 0.636. The molecule has 1 unspecified atom stereocenters. The second-order valence-corrected chi connectivity index (χ2v) is 8.90. The van der Waals surface area contributed by atoms with Crippen LogP contribution in [0.3, 0.4) is 0 Å². The van der Waals surface area contributed by atoms with Crippen LogP contribution in [0.5, 0.6) is 0 Å². The van der Waals surface area contributed by atoms with Gasteiger partial charge in [0.15, 0.2) is 0 Å². The van der Waals surface area contributed by atoms with Crippen molar-refractivity contribution in [1.29, 1.82) is 0 Å². The number of carbonyl (C=O) groups is 2. The van der Waals surface area contributed by atoms with Crippen LogP contribution in [0.15, 0.2) is 30.3 Å². The van der Waals surface area contributed by atoms with E-state index in [1.165, 1.54) is 4.90 Å². The highest BCUT2D eigenvalue weighted by molar-refractivity contribution is 7.98. The van der Waals surface area contributed by atoms with E-state index in [0.29, 0.717) is 45.0 Å². The van der Waals surface area contributed by atoms with Crippen molar-refractivity contribution in [2.24, 2.45) is 0 Å². The summed E-state index contributed by atoms with van der Waals surface area (Å²) in [7, 11) is 1.63. The fourth-order valence-corrected chi connectivity index (χ4v) is 5.22. The summed E-state index contributed by atoms with van der Waals surface area (Å²) in [6.45, 7) is 5.27. The van der Waals surface area contributed by atoms with Gasteiger partial charge in [-0.3, -0.25) is 14.6 Å². The molecule has 1 aromatic carbocycles. The lowest BCUT2D eigenvalue weighted by molar-refractivity contribution is -0.136. The molecule has 0 bridgehead atoms. The Morgan fingerprint density at radius 2 is 1.83 bits per heavy atom. The van der Waals surface area contributed by atoms with Crippen LogP contribution >= 0.6 is 11.8 Å². The van der Waals surface area contributed by atoms with Crippen molar-refractivity contribution < 1.29 is 14.3 Å². The topological polar surface area (TPSA) is 53.1 Å². The molecule has 2 aliphatic rings. The molecular formula is C22H33N3O3S. The molecule has 2 aliphatic heterocycles. The van der Waals surface area contributed by atoms with Gasteiger partial charge in [0.25, 0.3) is 5.91 Å². The van der Waals surface area contributed by atoms with Gasteiger partial charge >= 0.3 is 6.03 Å². The maximum absolute atomic E-state index is 13.5. The lowest BCUT2D eigenvalue weighted by atomic mass is 9.85. The zero-order valence-corrected chi connectivity index (χ0v) is 18.6. The summed E-state index contributed by atoms with van der Waals surface area (Å²) >= 11 is 1.85. The normalized spacial score (nSPS) is 20.7. The number of rotatable bonds is 9. The van der Waals surface area contributed by atoms with Crippen molar-refractivity contribution in [1.82, 2.24) is 14.7 Å². The van der Waals surface area contributed by atoms with Crippen molar-refractivity contribution in [2.75, 3.05) is 51.9 Å². The molecule has 6 nitrogen and oxygen atoms in total. The predicted molar refractivity (Wildman–Crippen MR) is 117 cm³/mol. The van der Waals surface area contributed by atoms with Crippen LogP contribution in [0.4, 0.5) is 4.79 Å². The number of hydrogen-bond acceptors (Lipinski definition) is 5.